The van der Waals surface area contributed by atoms with Gasteiger partial charge in [-0.05, 0) is 50.3 Å². The summed E-state index contributed by atoms with van der Waals surface area (Å²) < 4.78 is 10.5. The van der Waals surface area contributed by atoms with Gasteiger partial charge in [0.2, 0.25) is 0 Å². The number of esters is 2. The van der Waals surface area contributed by atoms with E-state index >= 15 is 0 Å². The van der Waals surface area contributed by atoms with Crippen LogP contribution in [0.5, 0.6) is 5.75 Å². The number of dihydropyridines is 1. The molecule has 0 amide bonds. The molecule has 1 aliphatic carbocycles. The maximum Gasteiger partial charge on any atom is 0.337 e. The Morgan fingerprint density at radius 3 is 2.48 bits per heavy atom. The molecule has 0 bridgehead atoms. The smallest absolute Gasteiger partial charge is 0.337 e. The van der Waals surface area contributed by atoms with Crippen molar-refractivity contribution in [2.75, 3.05) is 7.11 Å². The molecule has 0 fully saturated rings. The van der Waals surface area contributed by atoms with Gasteiger partial charge in [0.25, 0.3) is 0 Å². The fourth-order valence-corrected chi connectivity index (χ4v) is 4.28. The number of benzene rings is 1. The van der Waals surface area contributed by atoms with Crippen LogP contribution in [0.15, 0.2) is 46.8 Å². The zero-order valence-corrected chi connectivity index (χ0v) is 18.5. The molecule has 1 aromatic carbocycles. The number of carbonyl (C=O) groups is 3. The zero-order chi connectivity index (χ0) is 22.9. The number of rotatable bonds is 5. The van der Waals surface area contributed by atoms with Gasteiger partial charge in [0.1, 0.15) is 11.7 Å². The summed E-state index contributed by atoms with van der Waals surface area (Å²) in [7, 11) is 1.27. The fourth-order valence-electron chi connectivity index (χ4n) is 4.28. The first-order chi connectivity index (χ1) is 14.7. The molecule has 1 aromatic rings. The lowest BCUT2D eigenvalue weighted by Gasteiger charge is -2.38. The Morgan fingerprint density at radius 2 is 1.90 bits per heavy atom. The maximum absolute atomic E-state index is 13.6. The molecule has 0 aromatic heterocycles. The molecule has 2 N–H and O–H groups in total. The van der Waals surface area contributed by atoms with Gasteiger partial charge in [0.15, 0.2) is 5.78 Å². The fraction of sp³-hybridized carbons (Fsp3) is 0.458. The highest BCUT2D eigenvalue weighted by Crippen LogP contribution is 2.45. The quantitative estimate of drug-likeness (QED) is 0.549. The Labute approximate surface area is 182 Å². The number of phenolic OH excluding ortho intramolecular Hbond substituents is 1. The number of nitrogens with one attached hydrogen (secondary N) is 1. The number of phenols is 1. The van der Waals surface area contributed by atoms with Crippen molar-refractivity contribution in [3.05, 3.63) is 52.4 Å². The molecule has 31 heavy (non-hydrogen) atoms. The second kappa shape index (κ2) is 8.96. The lowest BCUT2D eigenvalue weighted by molar-refractivity contribution is -0.151. The van der Waals surface area contributed by atoms with Crippen molar-refractivity contribution < 1.29 is 29.0 Å². The minimum Gasteiger partial charge on any atom is -0.508 e. The van der Waals surface area contributed by atoms with Crippen LogP contribution in [0.3, 0.4) is 0 Å². The number of hydrogen-bond acceptors (Lipinski definition) is 7. The first-order valence-electron chi connectivity index (χ1n) is 10.5. The van der Waals surface area contributed by atoms with Crippen LogP contribution in [-0.4, -0.2) is 36.0 Å². The molecule has 166 valence electrons. The van der Waals surface area contributed by atoms with E-state index in [4.69, 9.17) is 9.47 Å². The molecule has 0 radical (unpaired) electrons. The molecule has 0 unspecified atom stereocenters. The summed E-state index contributed by atoms with van der Waals surface area (Å²) in [4.78, 5) is 39.1. The molecule has 0 saturated carbocycles. The third kappa shape index (κ3) is 4.22. The van der Waals surface area contributed by atoms with Crippen molar-refractivity contribution in [2.45, 2.75) is 52.6 Å². The zero-order valence-electron chi connectivity index (χ0n) is 18.5. The number of carbonyl (C=O) groups excluding carboxylic acids is 3. The van der Waals surface area contributed by atoms with E-state index in [1.165, 1.54) is 19.2 Å². The van der Waals surface area contributed by atoms with Gasteiger partial charge < -0.3 is 19.9 Å². The minimum atomic E-state index is -0.935. The second-order valence-corrected chi connectivity index (χ2v) is 8.25. The highest BCUT2D eigenvalue weighted by atomic mass is 16.5. The van der Waals surface area contributed by atoms with Crippen LogP contribution in [0.25, 0.3) is 0 Å². The first kappa shape index (κ1) is 22.6. The van der Waals surface area contributed by atoms with Crippen LogP contribution in [-0.2, 0) is 23.9 Å². The standard InChI is InChI=1S/C24H29NO6/c1-6-13(3)31-24(29)19-14(4)25-17-11-12(2)18(23(28)30-5)22(27)21(17)20(19)15-7-9-16(26)10-8-15/h7-10,12-13,18,20,25-26H,6,11H2,1-5H3/t12-,13-,18-,20+/m1/s1. The monoisotopic (exact) mass is 427 g/mol. The molecule has 3 rings (SSSR count). The van der Waals surface area contributed by atoms with Gasteiger partial charge in [-0.15, -0.1) is 0 Å². The predicted octanol–water partition coefficient (Wildman–Crippen LogP) is 3.35. The average molecular weight is 427 g/mol. The SMILES string of the molecule is CC[C@@H](C)OC(=O)C1=C(C)NC2=C(C(=O)[C@H](C(=O)OC)[C@H](C)C2)[C@H]1c1ccc(O)cc1. The lowest BCUT2D eigenvalue weighted by atomic mass is 9.69. The average Bonchev–Trinajstić information content (AvgIpc) is 2.72. The molecule has 2 aliphatic rings. The molecule has 1 heterocycles. The van der Waals surface area contributed by atoms with Gasteiger partial charge in [-0.2, -0.15) is 0 Å². The van der Waals surface area contributed by atoms with Crippen molar-refractivity contribution in [1.82, 2.24) is 5.32 Å². The van der Waals surface area contributed by atoms with Crippen molar-refractivity contribution in [1.29, 1.82) is 0 Å². The Bertz CT molecular complexity index is 959. The van der Waals surface area contributed by atoms with Gasteiger partial charge in [0, 0.05) is 22.9 Å². The Hall–Kier alpha value is -3.09. The number of Topliss-reactive ketones (excluding diaryl/α,β-unsaturated/α-hetero) is 1. The molecule has 0 spiro atoms. The van der Waals surface area contributed by atoms with Gasteiger partial charge in [-0.1, -0.05) is 26.0 Å². The van der Waals surface area contributed by atoms with Crippen molar-refractivity contribution in [3.63, 3.8) is 0 Å². The van der Waals surface area contributed by atoms with Gasteiger partial charge in [-0.3, -0.25) is 9.59 Å². The van der Waals surface area contributed by atoms with E-state index in [1.54, 1.807) is 19.1 Å². The number of ether oxygens (including phenoxy) is 2. The van der Waals surface area contributed by atoms with Crippen molar-refractivity contribution in [3.8, 4) is 5.75 Å². The summed E-state index contributed by atoms with van der Waals surface area (Å²) >= 11 is 0. The normalized spacial score (nSPS) is 24.3. The van der Waals surface area contributed by atoms with Crippen LogP contribution in [0.2, 0.25) is 0 Å². The van der Waals surface area contributed by atoms with Crippen molar-refractivity contribution >= 4 is 17.7 Å². The molecule has 7 heteroatoms. The van der Waals surface area contributed by atoms with E-state index < -0.39 is 23.8 Å². The summed E-state index contributed by atoms with van der Waals surface area (Å²) in [6.45, 7) is 7.35. The molecular formula is C24H29NO6. The predicted molar refractivity (Wildman–Crippen MR) is 114 cm³/mol. The topological polar surface area (TPSA) is 102 Å². The lowest BCUT2D eigenvalue weighted by Crippen LogP contribution is -2.43. The molecule has 0 saturated heterocycles. The van der Waals surface area contributed by atoms with Crippen molar-refractivity contribution in [2.24, 2.45) is 11.8 Å². The molecule has 1 aliphatic heterocycles. The molecule has 7 nitrogen and oxygen atoms in total. The number of hydrogen-bond donors (Lipinski definition) is 2. The Balaban J connectivity index is 2.15. The van der Waals surface area contributed by atoms with E-state index in [0.29, 0.717) is 40.9 Å². The highest BCUT2D eigenvalue weighted by Gasteiger charge is 2.47. The van der Waals surface area contributed by atoms with Gasteiger partial charge in [0.05, 0.1) is 18.8 Å². The van der Waals surface area contributed by atoms with Gasteiger partial charge >= 0.3 is 11.9 Å². The summed E-state index contributed by atoms with van der Waals surface area (Å²) in [5, 5.41) is 13.0. The van der Waals surface area contributed by atoms with E-state index in [1.807, 2.05) is 20.8 Å². The van der Waals surface area contributed by atoms with E-state index in [-0.39, 0.29) is 23.6 Å². The van der Waals surface area contributed by atoms with E-state index in [0.717, 1.165) is 0 Å². The number of aromatic hydroxyl groups is 1. The summed E-state index contributed by atoms with van der Waals surface area (Å²) in [5.74, 6) is -3.25. The Kier molecular flexibility index (Phi) is 6.53. The summed E-state index contributed by atoms with van der Waals surface area (Å²) in [6.07, 6.45) is 0.846. The van der Waals surface area contributed by atoms with Crippen LogP contribution in [0, 0.1) is 11.8 Å². The van der Waals surface area contributed by atoms with E-state index in [9.17, 15) is 19.5 Å². The van der Waals surface area contributed by atoms with Crippen LogP contribution >= 0.6 is 0 Å². The van der Waals surface area contributed by atoms with Crippen LogP contribution in [0.1, 0.15) is 52.0 Å². The Morgan fingerprint density at radius 1 is 1.26 bits per heavy atom. The molecular weight excluding hydrogens is 398 g/mol. The first-order valence-corrected chi connectivity index (χ1v) is 10.5. The number of allylic oxidation sites excluding steroid dienone is 3. The third-order valence-electron chi connectivity index (χ3n) is 6.07. The molecule has 4 atom stereocenters. The minimum absolute atomic E-state index is 0.0763. The van der Waals surface area contributed by atoms with Crippen LogP contribution < -0.4 is 5.32 Å². The largest absolute Gasteiger partial charge is 0.508 e. The van der Waals surface area contributed by atoms with Crippen LogP contribution in [0.4, 0.5) is 0 Å². The number of methoxy groups -OCH3 is 1. The summed E-state index contributed by atoms with van der Waals surface area (Å²) in [5.41, 5.74) is 2.68. The summed E-state index contributed by atoms with van der Waals surface area (Å²) in [6, 6.07) is 6.38. The van der Waals surface area contributed by atoms with E-state index in [2.05, 4.69) is 5.32 Å². The second-order valence-electron chi connectivity index (χ2n) is 8.25. The highest BCUT2D eigenvalue weighted by molar-refractivity contribution is 6.12. The third-order valence-corrected chi connectivity index (χ3v) is 6.07. The number of ketones is 1. The van der Waals surface area contributed by atoms with Gasteiger partial charge in [-0.25, -0.2) is 4.79 Å². The maximum atomic E-state index is 13.6.